The molecule has 1 aromatic carbocycles. The molecular formula is C18H23N3O2S. The van der Waals surface area contributed by atoms with E-state index < -0.39 is 0 Å². The second-order valence-corrected chi connectivity index (χ2v) is 7.18. The van der Waals surface area contributed by atoms with Crippen LogP contribution >= 0.6 is 11.3 Å². The molecule has 0 radical (unpaired) electrons. The van der Waals surface area contributed by atoms with Gasteiger partial charge in [-0.2, -0.15) is 0 Å². The first-order chi connectivity index (χ1) is 11.7. The number of hydrogen-bond donors (Lipinski definition) is 1. The van der Waals surface area contributed by atoms with E-state index in [9.17, 15) is 9.59 Å². The molecule has 5 nitrogen and oxygen atoms in total. The van der Waals surface area contributed by atoms with Crippen LogP contribution in [0, 0.1) is 0 Å². The molecule has 1 aromatic heterocycles. The Bertz CT molecular complexity index is 695. The number of aromatic nitrogens is 1. The van der Waals surface area contributed by atoms with Crippen LogP contribution in [0.25, 0.3) is 10.2 Å². The van der Waals surface area contributed by atoms with Crippen LogP contribution in [0.3, 0.4) is 0 Å². The number of thiazole rings is 1. The number of hydrogen-bond acceptors (Lipinski definition) is 4. The van der Waals surface area contributed by atoms with Gasteiger partial charge < -0.3 is 10.2 Å². The van der Waals surface area contributed by atoms with Gasteiger partial charge in [-0.15, -0.1) is 11.3 Å². The molecule has 0 unspecified atom stereocenters. The smallest absolute Gasteiger partial charge is 0.223 e. The van der Waals surface area contributed by atoms with Crippen molar-refractivity contribution in [1.29, 1.82) is 0 Å². The summed E-state index contributed by atoms with van der Waals surface area (Å²) in [4.78, 5) is 30.9. The summed E-state index contributed by atoms with van der Waals surface area (Å²) in [6.45, 7) is 3.44. The largest absolute Gasteiger partial charge is 0.356 e. The van der Waals surface area contributed by atoms with Crippen molar-refractivity contribution in [3.63, 3.8) is 0 Å². The van der Waals surface area contributed by atoms with Crippen molar-refractivity contribution in [2.24, 2.45) is 0 Å². The Morgan fingerprint density at radius 2 is 2.17 bits per heavy atom. The Hall–Kier alpha value is -1.95. The summed E-state index contributed by atoms with van der Waals surface area (Å²) in [5.74, 6) is 0.0179. The van der Waals surface area contributed by atoms with Crippen molar-refractivity contribution in [3.8, 4) is 0 Å². The monoisotopic (exact) mass is 345 g/mol. The molecule has 1 saturated heterocycles. The van der Waals surface area contributed by atoms with Crippen molar-refractivity contribution in [1.82, 2.24) is 15.2 Å². The van der Waals surface area contributed by atoms with Crippen LogP contribution in [-0.2, 0) is 9.59 Å². The second kappa shape index (κ2) is 7.75. The third-order valence-electron chi connectivity index (χ3n) is 4.31. The molecule has 1 fully saturated rings. The molecule has 1 N–H and O–H groups in total. The maximum Gasteiger partial charge on any atom is 0.223 e. The number of nitrogens with one attached hydrogen (secondary N) is 1. The van der Waals surface area contributed by atoms with Gasteiger partial charge in [0.25, 0.3) is 0 Å². The first kappa shape index (κ1) is 16.9. The van der Waals surface area contributed by atoms with Gasteiger partial charge >= 0.3 is 0 Å². The number of amides is 2. The van der Waals surface area contributed by atoms with Crippen molar-refractivity contribution >= 4 is 33.4 Å². The Morgan fingerprint density at radius 3 is 2.96 bits per heavy atom. The molecule has 24 heavy (non-hydrogen) atoms. The number of benzene rings is 1. The Morgan fingerprint density at radius 1 is 1.33 bits per heavy atom. The van der Waals surface area contributed by atoms with Crippen LogP contribution in [0.1, 0.15) is 50.1 Å². The van der Waals surface area contributed by atoms with Crippen molar-refractivity contribution in [2.45, 2.75) is 45.1 Å². The molecule has 1 aliphatic heterocycles. The number of carbonyl (C=O) groups is 2. The normalized spacial score (nSPS) is 17.4. The summed E-state index contributed by atoms with van der Waals surface area (Å²) >= 11 is 1.67. The minimum Gasteiger partial charge on any atom is -0.356 e. The molecule has 1 aliphatic rings. The summed E-state index contributed by atoms with van der Waals surface area (Å²) in [5, 5.41) is 3.83. The molecule has 0 saturated carbocycles. The van der Waals surface area contributed by atoms with Gasteiger partial charge in [0, 0.05) is 25.9 Å². The van der Waals surface area contributed by atoms with E-state index in [1.54, 1.807) is 11.3 Å². The number of carbonyl (C=O) groups excluding carboxylic acids is 2. The lowest BCUT2D eigenvalue weighted by Crippen LogP contribution is -2.32. The van der Waals surface area contributed by atoms with E-state index in [0.717, 1.165) is 41.0 Å². The molecule has 6 heteroatoms. The fraction of sp³-hybridized carbons (Fsp3) is 0.500. The lowest BCUT2D eigenvalue weighted by Gasteiger charge is -2.23. The SMILES string of the molecule is CCCNC(=O)CCC(=O)N1CCC[C@@H]1c1nc2ccccc2s1. The molecule has 128 valence electrons. The van der Waals surface area contributed by atoms with Crippen LogP contribution in [0.5, 0.6) is 0 Å². The maximum absolute atomic E-state index is 12.5. The third-order valence-corrected chi connectivity index (χ3v) is 5.44. The second-order valence-electron chi connectivity index (χ2n) is 6.11. The van der Waals surface area contributed by atoms with Crippen molar-refractivity contribution in [2.75, 3.05) is 13.1 Å². The van der Waals surface area contributed by atoms with Crippen LogP contribution in [-0.4, -0.2) is 34.8 Å². The Kier molecular flexibility index (Phi) is 5.45. The highest BCUT2D eigenvalue weighted by molar-refractivity contribution is 7.18. The van der Waals surface area contributed by atoms with Gasteiger partial charge in [-0.05, 0) is 31.4 Å². The van der Waals surface area contributed by atoms with E-state index in [-0.39, 0.29) is 30.7 Å². The van der Waals surface area contributed by atoms with E-state index in [1.165, 1.54) is 0 Å². The molecule has 3 rings (SSSR count). The number of nitrogens with zero attached hydrogens (tertiary/aromatic N) is 2. The fourth-order valence-electron chi connectivity index (χ4n) is 3.07. The quantitative estimate of drug-likeness (QED) is 0.874. The molecule has 0 aliphatic carbocycles. The zero-order valence-electron chi connectivity index (χ0n) is 14.0. The van der Waals surface area contributed by atoms with Gasteiger partial charge in [-0.3, -0.25) is 9.59 Å². The van der Waals surface area contributed by atoms with Gasteiger partial charge in [0.2, 0.25) is 11.8 Å². The molecule has 2 amide bonds. The van der Waals surface area contributed by atoms with Gasteiger partial charge in [-0.1, -0.05) is 19.1 Å². The zero-order valence-corrected chi connectivity index (χ0v) is 14.8. The van der Waals surface area contributed by atoms with Crippen LogP contribution in [0.15, 0.2) is 24.3 Å². The van der Waals surface area contributed by atoms with Crippen LogP contribution < -0.4 is 5.32 Å². The summed E-state index contributed by atoms with van der Waals surface area (Å²) in [5.41, 5.74) is 0.996. The lowest BCUT2D eigenvalue weighted by molar-refractivity contribution is -0.134. The summed E-state index contributed by atoms with van der Waals surface area (Å²) in [6.07, 6.45) is 3.40. The van der Waals surface area contributed by atoms with Gasteiger partial charge in [0.05, 0.1) is 16.3 Å². The Balaban J connectivity index is 1.64. The standard InChI is InChI=1S/C18H23N3O2S/c1-2-11-19-16(22)9-10-17(23)21-12-5-7-14(21)18-20-13-6-3-4-8-15(13)24-18/h3-4,6,8,14H,2,5,7,9-12H2,1H3,(H,19,22)/t14-/m1/s1. The number of fused-ring (bicyclic) bond motifs is 1. The first-order valence-electron chi connectivity index (χ1n) is 8.60. The van der Waals surface area contributed by atoms with Gasteiger partial charge in [0.1, 0.15) is 5.01 Å². The minimum absolute atomic E-state index is 0.0408. The molecular weight excluding hydrogens is 322 g/mol. The minimum atomic E-state index is -0.0408. The first-order valence-corrected chi connectivity index (χ1v) is 9.42. The topological polar surface area (TPSA) is 62.3 Å². The van der Waals surface area contributed by atoms with E-state index >= 15 is 0 Å². The fourth-order valence-corrected chi connectivity index (χ4v) is 4.19. The summed E-state index contributed by atoms with van der Waals surface area (Å²) in [6, 6.07) is 8.13. The van der Waals surface area contributed by atoms with E-state index in [2.05, 4.69) is 11.4 Å². The molecule has 0 spiro atoms. The third kappa shape index (κ3) is 3.75. The van der Waals surface area contributed by atoms with Gasteiger partial charge in [-0.25, -0.2) is 4.98 Å². The summed E-state index contributed by atoms with van der Waals surface area (Å²) in [7, 11) is 0. The highest BCUT2D eigenvalue weighted by Crippen LogP contribution is 2.36. The van der Waals surface area contributed by atoms with E-state index in [0.29, 0.717) is 6.54 Å². The highest BCUT2D eigenvalue weighted by atomic mass is 32.1. The van der Waals surface area contributed by atoms with Gasteiger partial charge in [0.15, 0.2) is 0 Å². The van der Waals surface area contributed by atoms with Crippen molar-refractivity contribution in [3.05, 3.63) is 29.3 Å². The number of likely N-dealkylation sites (tertiary alicyclic amines) is 1. The number of rotatable bonds is 6. The molecule has 1 atom stereocenters. The van der Waals surface area contributed by atoms with E-state index in [1.807, 2.05) is 30.0 Å². The van der Waals surface area contributed by atoms with E-state index in [4.69, 9.17) is 4.98 Å². The number of para-hydroxylation sites is 1. The van der Waals surface area contributed by atoms with Crippen LogP contribution in [0.4, 0.5) is 0 Å². The highest BCUT2D eigenvalue weighted by Gasteiger charge is 2.32. The zero-order chi connectivity index (χ0) is 16.9. The van der Waals surface area contributed by atoms with Crippen LogP contribution in [0.2, 0.25) is 0 Å². The lowest BCUT2D eigenvalue weighted by atomic mass is 10.2. The average molecular weight is 345 g/mol. The molecule has 2 heterocycles. The molecule has 0 bridgehead atoms. The maximum atomic E-state index is 12.5. The predicted molar refractivity (Wildman–Crippen MR) is 95.8 cm³/mol. The average Bonchev–Trinajstić information content (AvgIpc) is 3.23. The Labute approximate surface area is 146 Å². The predicted octanol–water partition coefficient (Wildman–Crippen LogP) is 3.27. The molecule has 2 aromatic rings. The summed E-state index contributed by atoms with van der Waals surface area (Å²) < 4.78 is 1.16. The van der Waals surface area contributed by atoms with Crippen molar-refractivity contribution < 1.29 is 9.59 Å².